The predicted octanol–water partition coefficient (Wildman–Crippen LogP) is 1.21. The molecule has 1 aromatic carbocycles. The third-order valence-electron chi connectivity index (χ3n) is 3.31. The summed E-state index contributed by atoms with van der Waals surface area (Å²) in [5, 5.41) is 10.0. The molecule has 0 aromatic heterocycles. The van der Waals surface area contributed by atoms with Gasteiger partial charge in [-0.15, -0.1) is 0 Å². The van der Waals surface area contributed by atoms with Gasteiger partial charge in [-0.25, -0.2) is 0 Å². The van der Waals surface area contributed by atoms with Crippen molar-refractivity contribution in [2.75, 3.05) is 0 Å². The van der Waals surface area contributed by atoms with Crippen molar-refractivity contribution in [3.8, 4) is 0 Å². The van der Waals surface area contributed by atoms with E-state index in [-0.39, 0.29) is 11.5 Å². The second-order valence-electron chi connectivity index (χ2n) is 4.69. The Balaban J connectivity index is 2.54. The van der Waals surface area contributed by atoms with Crippen LogP contribution in [-0.4, -0.2) is 17.3 Å². The summed E-state index contributed by atoms with van der Waals surface area (Å²) in [6.07, 6.45) is 0.332. The lowest BCUT2D eigenvalue weighted by Gasteiger charge is -2.40. The largest absolute Gasteiger partial charge is 0.391 e. The summed E-state index contributed by atoms with van der Waals surface area (Å²) < 4.78 is 0. The molecule has 3 N–H and O–H groups in total. The van der Waals surface area contributed by atoms with Gasteiger partial charge in [0.15, 0.2) is 0 Å². The second kappa shape index (κ2) is 3.07. The number of benzene rings is 1. The number of aliphatic hydroxyl groups is 1. The van der Waals surface area contributed by atoms with Crippen LogP contribution in [-0.2, 0) is 11.8 Å². The highest BCUT2D eigenvalue weighted by Gasteiger charge is 2.39. The molecule has 76 valence electrons. The predicted molar refractivity (Wildman–Crippen MR) is 57.2 cm³/mol. The summed E-state index contributed by atoms with van der Waals surface area (Å²) in [5.41, 5.74) is 8.19. The normalized spacial score (nSPS) is 29.7. The Morgan fingerprint density at radius 1 is 1.36 bits per heavy atom. The van der Waals surface area contributed by atoms with Gasteiger partial charge in [-0.05, 0) is 17.5 Å². The maximum absolute atomic E-state index is 10.0. The fraction of sp³-hybridized carbons (Fsp3) is 0.500. The van der Waals surface area contributed by atoms with Crippen molar-refractivity contribution in [1.29, 1.82) is 0 Å². The van der Waals surface area contributed by atoms with Gasteiger partial charge >= 0.3 is 0 Å². The first-order valence-electron chi connectivity index (χ1n) is 5.05. The van der Waals surface area contributed by atoms with Gasteiger partial charge in [0.05, 0.1) is 6.10 Å². The van der Waals surface area contributed by atoms with Crippen molar-refractivity contribution in [1.82, 2.24) is 0 Å². The van der Waals surface area contributed by atoms with E-state index in [4.69, 9.17) is 5.73 Å². The van der Waals surface area contributed by atoms with E-state index in [1.807, 2.05) is 12.1 Å². The SMILES string of the molecule is CC1(C)c2ccccc2CC(N)C1O. The molecular weight excluding hydrogens is 174 g/mol. The molecule has 0 bridgehead atoms. The van der Waals surface area contributed by atoms with Gasteiger partial charge in [0, 0.05) is 11.5 Å². The van der Waals surface area contributed by atoms with Crippen LogP contribution in [0, 0.1) is 0 Å². The van der Waals surface area contributed by atoms with Crippen LogP contribution < -0.4 is 5.73 Å². The molecule has 14 heavy (non-hydrogen) atoms. The lowest BCUT2D eigenvalue weighted by Crippen LogP contribution is -2.52. The van der Waals surface area contributed by atoms with Crippen molar-refractivity contribution in [2.24, 2.45) is 5.73 Å². The van der Waals surface area contributed by atoms with E-state index in [9.17, 15) is 5.11 Å². The van der Waals surface area contributed by atoms with Crippen LogP contribution in [0.4, 0.5) is 0 Å². The highest BCUT2D eigenvalue weighted by molar-refractivity contribution is 5.38. The molecule has 2 rings (SSSR count). The van der Waals surface area contributed by atoms with E-state index in [0.717, 1.165) is 6.42 Å². The zero-order valence-corrected chi connectivity index (χ0v) is 8.70. The summed E-state index contributed by atoms with van der Waals surface area (Å²) in [7, 11) is 0. The molecule has 0 heterocycles. The van der Waals surface area contributed by atoms with Crippen LogP contribution in [0.5, 0.6) is 0 Å². The Bertz CT molecular complexity index is 346. The lowest BCUT2D eigenvalue weighted by molar-refractivity contribution is 0.0655. The van der Waals surface area contributed by atoms with Crippen LogP contribution >= 0.6 is 0 Å². The molecule has 2 atom stereocenters. The molecule has 1 aromatic rings. The van der Waals surface area contributed by atoms with Crippen molar-refractivity contribution in [3.05, 3.63) is 35.4 Å². The Morgan fingerprint density at radius 2 is 2.00 bits per heavy atom. The Labute approximate surface area is 84.7 Å². The first-order valence-corrected chi connectivity index (χ1v) is 5.05. The van der Waals surface area contributed by atoms with Crippen LogP contribution in [0.2, 0.25) is 0 Å². The van der Waals surface area contributed by atoms with Crippen molar-refractivity contribution < 1.29 is 5.11 Å². The minimum atomic E-state index is -0.447. The van der Waals surface area contributed by atoms with E-state index < -0.39 is 6.10 Å². The molecule has 2 unspecified atom stereocenters. The van der Waals surface area contributed by atoms with E-state index in [1.54, 1.807) is 0 Å². The van der Waals surface area contributed by atoms with Gasteiger partial charge in [-0.1, -0.05) is 38.1 Å². The third-order valence-corrected chi connectivity index (χ3v) is 3.31. The number of rotatable bonds is 0. The molecule has 0 fully saturated rings. The monoisotopic (exact) mass is 191 g/mol. The maximum atomic E-state index is 10.0. The first kappa shape index (κ1) is 9.69. The van der Waals surface area contributed by atoms with Gasteiger partial charge in [0.1, 0.15) is 0 Å². The van der Waals surface area contributed by atoms with Gasteiger partial charge in [0.25, 0.3) is 0 Å². The molecule has 2 heteroatoms. The fourth-order valence-corrected chi connectivity index (χ4v) is 2.39. The quantitative estimate of drug-likeness (QED) is 0.647. The average molecular weight is 191 g/mol. The van der Waals surface area contributed by atoms with Crippen molar-refractivity contribution >= 4 is 0 Å². The molecule has 0 radical (unpaired) electrons. The number of nitrogens with two attached hydrogens (primary N) is 1. The first-order chi connectivity index (χ1) is 6.53. The van der Waals surface area contributed by atoms with E-state index in [0.29, 0.717) is 0 Å². The van der Waals surface area contributed by atoms with Crippen LogP contribution in [0.1, 0.15) is 25.0 Å². The molecule has 0 aliphatic heterocycles. The molecule has 2 nitrogen and oxygen atoms in total. The zero-order chi connectivity index (χ0) is 10.3. The number of hydrogen-bond acceptors (Lipinski definition) is 2. The molecule has 1 aliphatic rings. The van der Waals surface area contributed by atoms with E-state index >= 15 is 0 Å². The van der Waals surface area contributed by atoms with Crippen molar-refractivity contribution in [2.45, 2.75) is 37.8 Å². The summed E-state index contributed by atoms with van der Waals surface area (Å²) in [6, 6.07) is 8.09. The molecular formula is C12H17NO. The van der Waals surface area contributed by atoms with E-state index in [2.05, 4.69) is 26.0 Å². The highest BCUT2D eigenvalue weighted by Crippen LogP contribution is 2.36. The highest BCUT2D eigenvalue weighted by atomic mass is 16.3. The Kier molecular flexibility index (Phi) is 2.13. The maximum Gasteiger partial charge on any atom is 0.0785 e. The summed E-state index contributed by atoms with van der Waals surface area (Å²) >= 11 is 0. The van der Waals surface area contributed by atoms with Crippen LogP contribution in [0.3, 0.4) is 0 Å². The van der Waals surface area contributed by atoms with Gasteiger partial charge < -0.3 is 10.8 Å². The number of hydrogen-bond donors (Lipinski definition) is 2. The summed E-state index contributed by atoms with van der Waals surface area (Å²) in [6.45, 7) is 4.10. The molecule has 0 amide bonds. The third kappa shape index (κ3) is 1.26. The fourth-order valence-electron chi connectivity index (χ4n) is 2.39. The number of fused-ring (bicyclic) bond motifs is 1. The van der Waals surface area contributed by atoms with Gasteiger partial charge in [0.2, 0.25) is 0 Å². The van der Waals surface area contributed by atoms with Crippen LogP contribution in [0.25, 0.3) is 0 Å². The van der Waals surface area contributed by atoms with Gasteiger partial charge in [-0.3, -0.25) is 0 Å². The van der Waals surface area contributed by atoms with Crippen LogP contribution in [0.15, 0.2) is 24.3 Å². The summed E-state index contributed by atoms with van der Waals surface area (Å²) in [5.74, 6) is 0. The zero-order valence-electron chi connectivity index (χ0n) is 8.70. The Hall–Kier alpha value is -0.860. The number of aliphatic hydroxyl groups excluding tert-OH is 1. The topological polar surface area (TPSA) is 46.2 Å². The minimum Gasteiger partial charge on any atom is -0.391 e. The van der Waals surface area contributed by atoms with Gasteiger partial charge in [-0.2, -0.15) is 0 Å². The standard InChI is InChI=1S/C12H17NO/c1-12(2)9-6-4-3-5-8(9)7-10(13)11(12)14/h3-6,10-11,14H,7,13H2,1-2H3. The molecule has 1 aliphatic carbocycles. The Morgan fingerprint density at radius 3 is 2.71 bits per heavy atom. The average Bonchev–Trinajstić information content (AvgIpc) is 2.15. The van der Waals surface area contributed by atoms with E-state index in [1.165, 1.54) is 11.1 Å². The second-order valence-corrected chi connectivity index (χ2v) is 4.69. The molecule has 0 saturated carbocycles. The lowest BCUT2D eigenvalue weighted by atomic mass is 9.69. The molecule has 0 spiro atoms. The smallest absolute Gasteiger partial charge is 0.0785 e. The molecule has 0 saturated heterocycles. The summed E-state index contributed by atoms with van der Waals surface area (Å²) in [4.78, 5) is 0. The van der Waals surface area contributed by atoms with Crippen molar-refractivity contribution in [3.63, 3.8) is 0 Å². The minimum absolute atomic E-state index is 0.139.